The predicted molar refractivity (Wildman–Crippen MR) is 80.0 cm³/mol. The molecule has 122 valence electrons. The summed E-state index contributed by atoms with van der Waals surface area (Å²) in [4.78, 5) is 26.0. The number of hydrogen-bond donors (Lipinski definition) is 1. The third-order valence-corrected chi connectivity index (χ3v) is 4.02. The molecule has 1 aliphatic heterocycles. The van der Waals surface area contributed by atoms with E-state index in [0.29, 0.717) is 39.2 Å². The van der Waals surface area contributed by atoms with Gasteiger partial charge in [-0.15, -0.1) is 0 Å². The van der Waals surface area contributed by atoms with E-state index >= 15 is 0 Å². The lowest BCUT2D eigenvalue weighted by Crippen LogP contribution is -2.66. The molecule has 21 heavy (non-hydrogen) atoms. The Bertz CT molecular complexity index is 343. The van der Waals surface area contributed by atoms with E-state index in [0.717, 1.165) is 12.8 Å². The van der Waals surface area contributed by atoms with Crippen LogP contribution in [0.25, 0.3) is 0 Å². The van der Waals surface area contributed by atoms with Crippen molar-refractivity contribution in [2.75, 3.05) is 40.0 Å². The second-order valence-corrected chi connectivity index (χ2v) is 5.38. The van der Waals surface area contributed by atoms with Gasteiger partial charge in [0.1, 0.15) is 5.54 Å². The minimum Gasteiger partial charge on any atom is -0.382 e. The summed E-state index contributed by atoms with van der Waals surface area (Å²) in [6.07, 6.45) is 2.98. The molecule has 0 aromatic heterocycles. The zero-order chi connectivity index (χ0) is 15.7. The van der Waals surface area contributed by atoms with Crippen LogP contribution in [-0.4, -0.2) is 62.3 Å². The SMILES string of the molecule is CCC1(CC)NC(=O)CN(CCCCOCCOC)C1=O. The zero-order valence-corrected chi connectivity index (χ0v) is 13.4. The maximum absolute atomic E-state index is 12.5. The summed E-state index contributed by atoms with van der Waals surface area (Å²) in [5, 5.41) is 2.87. The minimum absolute atomic E-state index is 0.0485. The summed E-state index contributed by atoms with van der Waals surface area (Å²) in [7, 11) is 1.64. The first-order valence-corrected chi connectivity index (χ1v) is 7.76. The molecule has 0 aliphatic carbocycles. The molecule has 0 aromatic carbocycles. The van der Waals surface area contributed by atoms with Gasteiger partial charge in [-0.1, -0.05) is 13.8 Å². The fourth-order valence-electron chi connectivity index (χ4n) is 2.57. The molecule has 1 rings (SSSR count). The number of rotatable bonds is 10. The van der Waals surface area contributed by atoms with E-state index in [1.165, 1.54) is 0 Å². The average molecular weight is 300 g/mol. The number of carbonyl (C=O) groups is 2. The Labute approximate surface area is 127 Å². The van der Waals surface area contributed by atoms with Crippen molar-refractivity contribution >= 4 is 11.8 Å². The van der Waals surface area contributed by atoms with Gasteiger partial charge in [-0.3, -0.25) is 9.59 Å². The number of unbranched alkanes of at least 4 members (excludes halogenated alkanes) is 1. The van der Waals surface area contributed by atoms with E-state index in [4.69, 9.17) is 9.47 Å². The highest BCUT2D eigenvalue weighted by Crippen LogP contribution is 2.22. The van der Waals surface area contributed by atoms with E-state index in [9.17, 15) is 9.59 Å². The van der Waals surface area contributed by atoms with Crippen LogP contribution in [0.1, 0.15) is 39.5 Å². The quantitative estimate of drug-likeness (QED) is 0.610. The lowest BCUT2D eigenvalue weighted by atomic mass is 9.89. The van der Waals surface area contributed by atoms with Gasteiger partial charge in [-0.25, -0.2) is 0 Å². The van der Waals surface area contributed by atoms with Crippen LogP contribution in [0.3, 0.4) is 0 Å². The van der Waals surface area contributed by atoms with E-state index < -0.39 is 5.54 Å². The molecule has 0 atom stereocenters. The van der Waals surface area contributed by atoms with Gasteiger partial charge in [0.25, 0.3) is 0 Å². The van der Waals surface area contributed by atoms with Crippen LogP contribution in [0.2, 0.25) is 0 Å². The first kappa shape index (κ1) is 17.9. The Hall–Kier alpha value is -1.14. The number of piperazine rings is 1. The molecule has 1 N–H and O–H groups in total. The first-order valence-electron chi connectivity index (χ1n) is 7.76. The lowest BCUT2D eigenvalue weighted by Gasteiger charge is -2.41. The first-order chi connectivity index (χ1) is 10.1. The number of amides is 2. The molecule has 1 aliphatic rings. The number of nitrogens with one attached hydrogen (secondary N) is 1. The van der Waals surface area contributed by atoms with Crippen molar-refractivity contribution in [3.05, 3.63) is 0 Å². The zero-order valence-electron chi connectivity index (χ0n) is 13.4. The molecular formula is C15H28N2O4. The molecule has 1 heterocycles. The summed E-state index contributed by atoms with van der Waals surface area (Å²) in [6, 6.07) is 0. The molecule has 6 nitrogen and oxygen atoms in total. The number of carbonyl (C=O) groups excluding carboxylic acids is 2. The van der Waals surface area contributed by atoms with Gasteiger partial charge < -0.3 is 19.7 Å². The minimum atomic E-state index is -0.704. The summed E-state index contributed by atoms with van der Waals surface area (Å²) in [5.74, 6) is -0.0120. The molecule has 0 aromatic rings. The Morgan fingerprint density at radius 3 is 2.48 bits per heavy atom. The van der Waals surface area contributed by atoms with Crippen LogP contribution < -0.4 is 5.32 Å². The number of nitrogens with zero attached hydrogens (tertiary/aromatic N) is 1. The van der Waals surface area contributed by atoms with Gasteiger partial charge in [0.2, 0.25) is 11.8 Å². The van der Waals surface area contributed by atoms with Gasteiger partial charge in [0.15, 0.2) is 0 Å². The number of hydrogen-bond acceptors (Lipinski definition) is 4. The topological polar surface area (TPSA) is 67.9 Å². The van der Waals surface area contributed by atoms with Crippen molar-refractivity contribution < 1.29 is 19.1 Å². The van der Waals surface area contributed by atoms with E-state index in [1.54, 1.807) is 12.0 Å². The Kier molecular flexibility index (Phi) is 7.67. The monoisotopic (exact) mass is 300 g/mol. The highest BCUT2D eigenvalue weighted by Gasteiger charge is 2.43. The molecule has 0 unspecified atom stereocenters. The maximum atomic E-state index is 12.5. The largest absolute Gasteiger partial charge is 0.382 e. The van der Waals surface area contributed by atoms with Crippen molar-refractivity contribution in [2.24, 2.45) is 0 Å². The Morgan fingerprint density at radius 1 is 1.14 bits per heavy atom. The second kappa shape index (κ2) is 9.00. The summed E-state index contributed by atoms with van der Waals surface area (Å²) >= 11 is 0. The van der Waals surface area contributed by atoms with Gasteiger partial charge in [0.05, 0.1) is 19.8 Å². The van der Waals surface area contributed by atoms with Gasteiger partial charge >= 0.3 is 0 Å². The summed E-state index contributed by atoms with van der Waals surface area (Å²) in [6.45, 7) is 6.51. The van der Waals surface area contributed by atoms with Crippen LogP contribution >= 0.6 is 0 Å². The standard InChI is InChI=1S/C15H28N2O4/c1-4-15(5-2)14(19)17(12-13(18)16-15)8-6-7-9-21-11-10-20-3/h4-12H2,1-3H3,(H,16,18). The van der Waals surface area contributed by atoms with Gasteiger partial charge in [-0.2, -0.15) is 0 Å². The number of ether oxygens (including phenoxy) is 2. The van der Waals surface area contributed by atoms with E-state index in [2.05, 4.69) is 5.32 Å². The molecule has 0 spiro atoms. The van der Waals surface area contributed by atoms with Crippen molar-refractivity contribution in [2.45, 2.75) is 45.1 Å². The molecule has 0 saturated carbocycles. The third-order valence-electron chi connectivity index (χ3n) is 4.02. The smallest absolute Gasteiger partial charge is 0.248 e. The van der Waals surface area contributed by atoms with Crippen LogP contribution in [0.15, 0.2) is 0 Å². The van der Waals surface area contributed by atoms with Gasteiger partial charge in [0, 0.05) is 20.3 Å². The third kappa shape index (κ3) is 4.97. The van der Waals surface area contributed by atoms with Crippen molar-refractivity contribution in [3.63, 3.8) is 0 Å². The lowest BCUT2D eigenvalue weighted by molar-refractivity contribution is -0.150. The van der Waals surface area contributed by atoms with Crippen molar-refractivity contribution in [3.8, 4) is 0 Å². The van der Waals surface area contributed by atoms with Crippen molar-refractivity contribution in [1.82, 2.24) is 10.2 Å². The van der Waals surface area contributed by atoms with Crippen LogP contribution in [0.4, 0.5) is 0 Å². The van der Waals surface area contributed by atoms with Crippen LogP contribution in [0, 0.1) is 0 Å². The molecule has 2 amide bonds. The normalized spacial score (nSPS) is 18.0. The van der Waals surface area contributed by atoms with E-state index in [1.807, 2.05) is 13.8 Å². The fraction of sp³-hybridized carbons (Fsp3) is 0.867. The highest BCUT2D eigenvalue weighted by atomic mass is 16.5. The maximum Gasteiger partial charge on any atom is 0.248 e. The fourth-order valence-corrected chi connectivity index (χ4v) is 2.57. The number of methoxy groups -OCH3 is 1. The Balaban J connectivity index is 2.36. The molecule has 0 bridgehead atoms. The van der Waals surface area contributed by atoms with Crippen LogP contribution in [0.5, 0.6) is 0 Å². The molecule has 1 fully saturated rings. The van der Waals surface area contributed by atoms with Crippen LogP contribution in [-0.2, 0) is 19.1 Å². The summed E-state index contributed by atoms with van der Waals surface area (Å²) in [5.41, 5.74) is -0.704. The molecule has 0 radical (unpaired) electrons. The molecule has 6 heteroatoms. The Morgan fingerprint density at radius 2 is 1.86 bits per heavy atom. The average Bonchev–Trinajstić information content (AvgIpc) is 2.49. The predicted octanol–water partition coefficient (Wildman–Crippen LogP) is 0.947. The summed E-state index contributed by atoms with van der Waals surface area (Å²) < 4.78 is 10.3. The van der Waals surface area contributed by atoms with Crippen molar-refractivity contribution in [1.29, 1.82) is 0 Å². The molecular weight excluding hydrogens is 272 g/mol. The molecule has 1 saturated heterocycles. The second-order valence-electron chi connectivity index (χ2n) is 5.38. The van der Waals surface area contributed by atoms with E-state index in [-0.39, 0.29) is 18.4 Å². The van der Waals surface area contributed by atoms with Gasteiger partial charge in [-0.05, 0) is 25.7 Å². The highest BCUT2D eigenvalue weighted by molar-refractivity contribution is 5.97.